The summed E-state index contributed by atoms with van der Waals surface area (Å²) in [7, 11) is 0. The first kappa shape index (κ1) is 24.7. The van der Waals surface area contributed by atoms with E-state index in [9.17, 15) is 0 Å². The summed E-state index contributed by atoms with van der Waals surface area (Å²) >= 11 is 0. The van der Waals surface area contributed by atoms with Crippen molar-refractivity contribution in [3.8, 4) is 0 Å². The molecule has 2 N–H and O–H groups in total. The lowest BCUT2D eigenvalue weighted by Crippen LogP contribution is -2.04. The van der Waals surface area contributed by atoms with Crippen LogP contribution < -0.4 is 5.73 Å². The van der Waals surface area contributed by atoms with E-state index in [1.165, 1.54) is 22.3 Å². The summed E-state index contributed by atoms with van der Waals surface area (Å²) < 4.78 is 0. The maximum Gasteiger partial charge on any atom is 0.00461 e. The Morgan fingerprint density at radius 2 is 1.74 bits per heavy atom. The van der Waals surface area contributed by atoms with Crippen LogP contribution >= 0.6 is 0 Å². The van der Waals surface area contributed by atoms with Crippen LogP contribution in [0.4, 0.5) is 0 Å². The Balaban J connectivity index is 0.00000153. The van der Waals surface area contributed by atoms with Crippen molar-refractivity contribution < 1.29 is 0 Å². The second-order valence-electron chi connectivity index (χ2n) is 7.12. The van der Waals surface area contributed by atoms with Crippen molar-refractivity contribution in [2.24, 2.45) is 11.7 Å². The molecule has 1 heteroatoms. The van der Waals surface area contributed by atoms with E-state index < -0.39 is 0 Å². The average Bonchev–Trinajstić information content (AvgIpc) is 2.63. The highest BCUT2D eigenvalue weighted by Crippen LogP contribution is 2.20. The molecule has 0 saturated heterocycles. The summed E-state index contributed by atoms with van der Waals surface area (Å²) in [5, 5.41) is 0. The number of nitrogens with two attached hydrogens (primary N) is 1. The van der Waals surface area contributed by atoms with Crippen molar-refractivity contribution in [2.45, 2.75) is 60.3 Å². The molecule has 0 fully saturated rings. The Labute approximate surface area is 168 Å². The summed E-state index contributed by atoms with van der Waals surface area (Å²) in [6.07, 6.45) is 14.2. The van der Waals surface area contributed by atoms with Gasteiger partial charge in [-0.15, -0.1) is 6.58 Å². The van der Waals surface area contributed by atoms with Crippen LogP contribution in [-0.2, 0) is 6.42 Å². The quantitative estimate of drug-likeness (QED) is 0.357. The zero-order valence-corrected chi connectivity index (χ0v) is 18.1. The van der Waals surface area contributed by atoms with Crippen LogP contribution in [0.2, 0.25) is 0 Å². The van der Waals surface area contributed by atoms with Crippen LogP contribution in [-0.4, -0.2) is 0 Å². The second kappa shape index (κ2) is 14.8. The van der Waals surface area contributed by atoms with Crippen LogP contribution in [0.25, 0.3) is 0 Å². The summed E-state index contributed by atoms with van der Waals surface area (Å²) in [5.74, 6) is 0.329. The van der Waals surface area contributed by atoms with Gasteiger partial charge in [0, 0.05) is 11.6 Å². The molecule has 1 rings (SSSR count). The SMILES string of the molecule is C=C/C=C\C(=C(C)C)C(C)/C=C(\N)CCCc1ccc(C)cc1.C=CCC. The van der Waals surface area contributed by atoms with Crippen LogP contribution in [0.5, 0.6) is 0 Å². The molecule has 1 atom stereocenters. The molecule has 0 bridgehead atoms. The highest BCUT2D eigenvalue weighted by Gasteiger charge is 2.06. The molecule has 1 aromatic carbocycles. The molecule has 1 aromatic rings. The third-order valence-corrected chi connectivity index (χ3v) is 4.28. The minimum Gasteiger partial charge on any atom is -0.402 e. The minimum atomic E-state index is 0.329. The molecule has 0 aromatic heterocycles. The first-order chi connectivity index (χ1) is 12.8. The highest BCUT2D eigenvalue weighted by molar-refractivity contribution is 5.31. The Morgan fingerprint density at radius 1 is 1.15 bits per heavy atom. The molecule has 0 aliphatic carbocycles. The summed E-state index contributed by atoms with van der Waals surface area (Å²) in [5.41, 5.74) is 12.5. The van der Waals surface area contributed by atoms with Gasteiger partial charge in [-0.05, 0) is 57.6 Å². The normalized spacial score (nSPS) is 12.1. The minimum absolute atomic E-state index is 0.329. The summed E-state index contributed by atoms with van der Waals surface area (Å²) in [4.78, 5) is 0. The van der Waals surface area contributed by atoms with Crippen LogP contribution in [0.15, 0.2) is 84.6 Å². The van der Waals surface area contributed by atoms with Gasteiger partial charge in [-0.25, -0.2) is 0 Å². The molecule has 0 saturated carbocycles. The predicted octanol–water partition coefficient (Wildman–Crippen LogP) is 7.46. The third kappa shape index (κ3) is 11.9. The van der Waals surface area contributed by atoms with Crippen molar-refractivity contribution >= 4 is 0 Å². The maximum atomic E-state index is 6.22. The molecular weight excluding hydrogens is 326 g/mol. The Kier molecular flexibility index (Phi) is 13.6. The van der Waals surface area contributed by atoms with Crippen molar-refractivity contribution in [2.75, 3.05) is 0 Å². The molecule has 0 aliphatic rings. The zero-order valence-electron chi connectivity index (χ0n) is 18.1. The van der Waals surface area contributed by atoms with Crippen LogP contribution in [0.3, 0.4) is 0 Å². The fourth-order valence-corrected chi connectivity index (χ4v) is 2.69. The lowest BCUT2D eigenvalue weighted by molar-refractivity contribution is 0.779. The molecule has 0 heterocycles. The van der Waals surface area contributed by atoms with E-state index in [-0.39, 0.29) is 0 Å². The van der Waals surface area contributed by atoms with E-state index >= 15 is 0 Å². The largest absolute Gasteiger partial charge is 0.402 e. The molecular formula is C26H39N. The van der Waals surface area contributed by atoms with E-state index in [1.54, 1.807) is 0 Å². The number of hydrogen-bond donors (Lipinski definition) is 1. The molecule has 0 amide bonds. The van der Waals surface area contributed by atoms with E-state index in [4.69, 9.17) is 5.73 Å². The average molecular weight is 366 g/mol. The number of benzene rings is 1. The van der Waals surface area contributed by atoms with Crippen molar-refractivity contribution in [1.29, 1.82) is 0 Å². The molecule has 0 spiro atoms. The van der Waals surface area contributed by atoms with Gasteiger partial charge >= 0.3 is 0 Å². The van der Waals surface area contributed by atoms with E-state index in [0.717, 1.165) is 31.4 Å². The fourth-order valence-electron chi connectivity index (χ4n) is 2.69. The summed E-state index contributed by atoms with van der Waals surface area (Å²) in [6.45, 7) is 17.9. The molecule has 1 nitrogen and oxygen atoms in total. The summed E-state index contributed by atoms with van der Waals surface area (Å²) in [6, 6.07) is 8.76. The van der Waals surface area contributed by atoms with Crippen molar-refractivity contribution in [3.63, 3.8) is 0 Å². The topological polar surface area (TPSA) is 26.0 Å². The van der Waals surface area contributed by atoms with Gasteiger partial charge in [-0.1, -0.05) is 86.2 Å². The highest BCUT2D eigenvalue weighted by atomic mass is 14.6. The predicted molar refractivity (Wildman–Crippen MR) is 124 cm³/mol. The van der Waals surface area contributed by atoms with Gasteiger partial charge in [0.1, 0.15) is 0 Å². The van der Waals surface area contributed by atoms with Crippen LogP contribution in [0.1, 0.15) is 58.1 Å². The zero-order chi connectivity index (χ0) is 20.7. The van der Waals surface area contributed by atoms with Crippen molar-refractivity contribution in [1.82, 2.24) is 0 Å². The Bertz CT molecular complexity index is 637. The van der Waals surface area contributed by atoms with E-state index in [0.29, 0.717) is 5.92 Å². The van der Waals surface area contributed by atoms with Crippen LogP contribution in [0, 0.1) is 12.8 Å². The number of rotatable bonds is 9. The standard InChI is InChI=1S/C22H31N.C4H8/c1-6-7-11-22(17(2)3)19(5)16-21(23)10-8-9-20-14-12-18(4)13-15-20;1-3-4-2/h6-7,11-16,19H,1,8-10,23H2,2-5H3;3H,1,4H2,2H3/b11-7-,21-16-;. The number of allylic oxidation sites excluding steroid dienone is 8. The second-order valence-corrected chi connectivity index (χ2v) is 7.12. The fraction of sp³-hybridized carbons (Fsp3) is 0.385. The monoisotopic (exact) mass is 365 g/mol. The van der Waals surface area contributed by atoms with Gasteiger partial charge in [0.15, 0.2) is 0 Å². The molecule has 27 heavy (non-hydrogen) atoms. The molecule has 148 valence electrons. The number of aryl methyl sites for hydroxylation is 2. The smallest absolute Gasteiger partial charge is 0.00461 e. The van der Waals surface area contributed by atoms with Gasteiger partial charge in [-0.2, -0.15) is 0 Å². The molecule has 1 unspecified atom stereocenters. The van der Waals surface area contributed by atoms with E-state index in [2.05, 4.69) is 84.2 Å². The molecule has 0 aliphatic heterocycles. The first-order valence-electron chi connectivity index (χ1n) is 9.94. The lowest BCUT2D eigenvalue weighted by Gasteiger charge is -2.12. The third-order valence-electron chi connectivity index (χ3n) is 4.28. The molecule has 0 radical (unpaired) electrons. The van der Waals surface area contributed by atoms with Gasteiger partial charge in [-0.3, -0.25) is 0 Å². The lowest BCUT2D eigenvalue weighted by atomic mass is 9.94. The number of hydrogen-bond acceptors (Lipinski definition) is 1. The van der Waals surface area contributed by atoms with Gasteiger partial charge in [0.25, 0.3) is 0 Å². The van der Waals surface area contributed by atoms with Crippen molar-refractivity contribution in [3.05, 3.63) is 95.8 Å². The first-order valence-corrected chi connectivity index (χ1v) is 9.94. The van der Waals surface area contributed by atoms with E-state index in [1.807, 2.05) is 18.2 Å². The maximum absolute atomic E-state index is 6.22. The van der Waals surface area contributed by atoms with Gasteiger partial charge in [0.2, 0.25) is 0 Å². The Hall–Kier alpha value is -2.28. The van der Waals surface area contributed by atoms with Gasteiger partial charge < -0.3 is 5.73 Å². The Morgan fingerprint density at radius 3 is 2.22 bits per heavy atom. The van der Waals surface area contributed by atoms with Gasteiger partial charge in [0.05, 0.1) is 0 Å².